The molecule has 1 unspecified atom stereocenters. The van der Waals surface area contributed by atoms with Crippen molar-refractivity contribution in [3.05, 3.63) is 47.8 Å². The van der Waals surface area contributed by atoms with Gasteiger partial charge in [0.2, 0.25) is 5.91 Å². The van der Waals surface area contributed by atoms with Gasteiger partial charge in [0.15, 0.2) is 0 Å². The second-order valence-corrected chi connectivity index (χ2v) is 4.33. The molecule has 0 aromatic heterocycles. The summed E-state index contributed by atoms with van der Waals surface area (Å²) in [6.45, 7) is 0.472. The molecule has 0 spiro atoms. The third kappa shape index (κ3) is 3.41. The molecule has 0 bridgehead atoms. The minimum absolute atomic E-state index is 0.0960. The molecule has 2 rings (SSSR count). The molecule has 0 aliphatic heterocycles. The molecule has 1 aromatic carbocycles. The maximum atomic E-state index is 12.7. The summed E-state index contributed by atoms with van der Waals surface area (Å²) in [6.07, 6.45) is 6.91. The van der Waals surface area contributed by atoms with Gasteiger partial charge in [-0.3, -0.25) is 4.79 Å². The zero-order valence-corrected chi connectivity index (χ0v) is 9.66. The Morgan fingerprint density at radius 3 is 2.71 bits per heavy atom. The lowest BCUT2D eigenvalue weighted by Crippen LogP contribution is -2.30. The Labute approximate surface area is 101 Å². The number of halogens is 1. The summed E-state index contributed by atoms with van der Waals surface area (Å²) < 4.78 is 12.7. The van der Waals surface area contributed by atoms with E-state index in [1.165, 1.54) is 12.1 Å². The number of hydrogen-bond donors (Lipinski definition) is 1. The van der Waals surface area contributed by atoms with E-state index < -0.39 is 0 Å². The predicted octanol–water partition coefficient (Wildman–Crippen LogP) is 2.80. The molecule has 2 nitrogen and oxygen atoms in total. The van der Waals surface area contributed by atoms with Crippen LogP contribution in [0.1, 0.15) is 24.8 Å². The Bertz CT molecular complexity index is 411. The summed E-state index contributed by atoms with van der Waals surface area (Å²) in [5.74, 6) is -0.0587. The smallest absolute Gasteiger partial charge is 0.223 e. The summed E-state index contributed by atoms with van der Waals surface area (Å²) in [7, 11) is 0. The Hall–Kier alpha value is -1.64. The fraction of sp³-hybridized carbons (Fsp3) is 0.357. The van der Waals surface area contributed by atoms with E-state index in [-0.39, 0.29) is 17.6 Å². The van der Waals surface area contributed by atoms with Crippen molar-refractivity contribution in [3.8, 4) is 0 Å². The molecular formula is C14H16FNO. The van der Waals surface area contributed by atoms with Gasteiger partial charge in [-0.15, -0.1) is 0 Å². The van der Waals surface area contributed by atoms with Gasteiger partial charge < -0.3 is 5.32 Å². The average molecular weight is 233 g/mol. The number of nitrogens with one attached hydrogen (secondary N) is 1. The van der Waals surface area contributed by atoms with Gasteiger partial charge in [-0.1, -0.05) is 24.3 Å². The third-order valence-corrected chi connectivity index (χ3v) is 3.02. The molecule has 1 atom stereocenters. The second kappa shape index (κ2) is 5.62. The summed E-state index contributed by atoms with van der Waals surface area (Å²) >= 11 is 0. The van der Waals surface area contributed by atoms with Crippen LogP contribution in [-0.4, -0.2) is 5.91 Å². The minimum atomic E-state index is -0.252. The van der Waals surface area contributed by atoms with Crippen LogP contribution in [0.15, 0.2) is 36.4 Å². The standard InChI is InChI=1S/C14H16FNO/c15-13-8-6-11(7-9-13)10-16-14(17)12-4-2-1-3-5-12/h1-2,6-9,12H,3-5,10H2,(H,16,17). The van der Waals surface area contributed by atoms with Crippen LogP contribution >= 0.6 is 0 Å². The molecule has 1 aromatic rings. The van der Waals surface area contributed by atoms with Crippen LogP contribution < -0.4 is 5.32 Å². The first kappa shape index (κ1) is 11.8. The molecule has 90 valence electrons. The van der Waals surface area contributed by atoms with E-state index in [0.29, 0.717) is 6.54 Å². The van der Waals surface area contributed by atoms with E-state index >= 15 is 0 Å². The van der Waals surface area contributed by atoms with E-state index in [0.717, 1.165) is 24.8 Å². The van der Waals surface area contributed by atoms with Crippen LogP contribution in [0.2, 0.25) is 0 Å². The van der Waals surface area contributed by atoms with Crippen molar-refractivity contribution in [1.29, 1.82) is 0 Å². The lowest BCUT2D eigenvalue weighted by Gasteiger charge is -2.17. The highest BCUT2D eigenvalue weighted by Gasteiger charge is 2.17. The summed E-state index contributed by atoms with van der Waals surface area (Å²) in [4.78, 5) is 11.8. The first-order valence-corrected chi connectivity index (χ1v) is 5.93. The number of amides is 1. The molecule has 1 aliphatic carbocycles. The highest BCUT2D eigenvalue weighted by Crippen LogP contribution is 2.18. The number of allylic oxidation sites excluding steroid dienone is 2. The van der Waals surface area contributed by atoms with E-state index in [9.17, 15) is 9.18 Å². The number of hydrogen-bond acceptors (Lipinski definition) is 1. The van der Waals surface area contributed by atoms with Crippen LogP contribution in [0.25, 0.3) is 0 Å². The summed E-state index contributed by atoms with van der Waals surface area (Å²) in [5, 5.41) is 2.89. The molecule has 1 aliphatic rings. The van der Waals surface area contributed by atoms with Gasteiger partial charge in [-0.05, 0) is 37.0 Å². The van der Waals surface area contributed by atoms with Crippen molar-refractivity contribution >= 4 is 5.91 Å². The van der Waals surface area contributed by atoms with E-state index in [1.807, 2.05) is 0 Å². The van der Waals surface area contributed by atoms with Gasteiger partial charge in [-0.2, -0.15) is 0 Å². The Morgan fingerprint density at radius 2 is 2.06 bits per heavy atom. The third-order valence-electron chi connectivity index (χ3n) is 3.02. The molecule has 0 heterocycles. The van der Waals surface area contributed by atoms with Gasteiger partial charge in [-0.25, -0.2) is 4.39 Å². The number of carbonyl (C=O) groups excluding carboxylic acids is 1. The SMILES string of the molecule is O=C(NCc1ccc(F)cc1)C1CC=CCC1. The minimum Gasteiger partial charge on any atom is -0.352 e. The molecule has 1 N–H and O–H groups in total. The molecule has 0 saturated carbocycles. The van der Waals surface area contributed by atoms with E-state index in [4.69, 9.17) is 0 Å². The van der Waals surface area contributed by atoms with Gasteiger partial charge in [0, 0.05) is 12.5 Å². The van der Waals surface area contributed by atoms with Gasteiger partial charge >= 0.3 is 0 Å². The van der Waals surface area contributed by atoms with Crippen molar-refractivity contribution in [2.24, 2.45) is 5.92 Å². The average Bonchev–Trinajstić information content (AvgIpc) is 2.39. The largest absolute Gasteiger partial charge is 0.352 e. The maximum Gasteiger partial charge on any atom is 0.223 e. The number of rotatable bonds is 3. The van der Waals surface area contributed by atoms with Crippen molar-refractivity contribution in [2.75, 3.05) is 0 Å². The Balaban J connectivity index is 1.83. The van der Waals surface area contributed by atoms with Crippen LogP contribution in [0.3, 0.4) is 0 Å². The Morgan fingerprint density at radius 1 is 1.29 bits per heavy atom. The normalized spacial score (nSPS) is 19.0. The second-order valence-electron chi connectivity index (χ2n) is 4.33. The number of benzene rings is 1. The lowest BCUT2D eigenvalue weighted by atomic mass is 9.93. The predicted molar refractivity (Wildman–Crippen MR) is 64.7 cm³/mol. The zero-order valence-electron chi connectivity index (χ0n) is 9.66. The molecule has 17 heavy (non-hydrogen) atoms. The quantitative estimate of drug-likeness (QED) is 0.799. The monoisotopic (exact) mass is 233 g/mol. The summed E-state index contributed by atoms with van der Waals surface area (Å²) in [6, 6.07) is 6.20. The van der Waals surface area contributed by atoms with Crippen molar-refractivity contribution < 1.29 is 9.18 Å². The first-order chi connectivity index (χ1) is 8.25. The van der Waals surface area contributed by atoms with Crippen molar-refractivity contribution in [3.63, 3.8) is 0 Å². The lowest BCUT2D eigenvalue weighted by molar-refractivity contribution is -0.125. The van der Waals surface area contributed by atoms with Gasteiger partial charge in [0.05, 0.1) is 0 Å². The van der Waals surface area contributed by atoms with Crippen molar-refractivity contribution in [1.82, 2.24) is 5.32 Å². The molecule has 1 amide bonds. The van der Waals surface area contributed by atoms with Crippen LogP contribution in [0, 0.1) is 11.7 Å². The van der Waals surface area contributed by atoms with Crippen LogP contribution in [0.4, 0.5) is 4.39 Å². The first-order valence-electron chi connectivity index (χ1n) is 5.93. The fourth-order valence-corrected chi connectivity index (χ4v) is 1.97. The molecule has 0 radical (unpaired) electrons. The van der Waals surface area contributed by atoms with Gasteiger partial charge in [0.1, 0.15) is 5.82 Å². The van der Waals surface area contributed by atoms with Crippen LogP contribution in [-0.2, 0) is 11.3 Å². The number of carbonyl (C=O) groups is 1. The van der Waals surface area contributed by atoms with Gasteiger partial charge in [0.25, 0.3) is 0 Å². The highest BCUT2D eigenvalue weighted by atomic mass is 19.1. The zero-order chi connectivity index (χ0) is 12.1. The Kier molecular flexibility index (Phi) is 3.91. The maximum absolute atomic E-state index is 12.7. The topological polar surface area (TPSA) is 29.1 Å². The molecule has 0 saturated heterocycles. The van der Waals surface area contributed by atoms with E-state index in [2.05, 4.69) is 17.5 Å². The fourth-order valence-electron chi connectivity index (χ4n) is 1.97. The molecular weight excluding hydrogens is 217 g/mol. The molecule has 3 heteroatoms. The van der Waals surface area contributed by atoms with Crippen LogP contribution in [0.5, 0.6) is 0 Å². The summed E-state index contributed by atoms with van der Waals surface area (Å²) in [5.41, 5.74) is 0.922. The van der Waals surface area contributed by atoms with Crippen molar-refractivity contribution in [2.45, 2.75) is 25.8 Å². The van der Waals surface area contributed by atoms with E-state index in [1.54, 1.807) is 12.1 Å². The highest BCUT2D eigenvalue weighted by molar-refractivity contribution is 5.78. The molecule has 0 fully saturated rings.